The third-order valence-electron chi connectivity index (χ3n) is 2.22. The molecule has 1 aliphatic heterocycles. The molecule has 0 bridgehead atoms. The molecular weight excluding hydrogens is 216 g/mol. The van der Waals surface area contributed by atoms with Crippen LogP contribution in [-0.4, -0.2) is 18.0 Å². The summed E-state index contributed by atoms with van der Waals surface area (Å²) in [6.07, 6.45) is -1.86. The summed E-state index contributed by atoms with van der Waals surface area (Å²) in [7, 11) is 0. The molecule has 2 rings (SSSR count). The van der Waals surface area contributed by atoms with Crippen LogP contribution in [0.1, 0.15) is 39.8 Å². The van der Waals surface area contributed by atoms with Crippen molar-refractivity contribution in [1.82, 2.24) is 0 Å². The topological polar surface area (TPSA) is 38.7 Å². The first-order valence-electron chi connectivity index (χ1n) is 9.89. The molecule has 3 heteroatoms. The molecule has 0 radical (unpaired) electrons. The third-order valence-corrected chi connectivity index (χ3v) is 2.22. The van der Waals surface area contributed by atoms with Gasteiger partial charge in [-0.05, 0) is 23.1 Å². The molecule has 1 atom stereocenters. The molecule has 0 aliphatic carbocycles. The van der Waals surface area contributed by atoms with E-state index in [-0.39, 0.29) is 12.4 Å². The molecule has 1 aliphatic rings. The summed E-state index contributed by atoms with van der Waals surface area (Å²) in [5, 5.41) is 10.5. The van der Waals surface area contributed by atoms with Crippen molar-refractivity contribution in [3.63, 3.8) is 0 Å². The number of benzene rings is 1. The average molecular weight is 244 g/mol. The Kier molecular flexibility index (Phi) is 1.21. The monoisotopic (exact) mass is 244 g/mol. The van der Waals surface area contributed by atoms with E-state index in [9.17, 15) is 5.11 Å². The van der Waals surface area contributed by atoms with Crippen molar-refractivity contribution in [1.29, 1.82) is 0 Å². The van der Waals surface area contributed by atoms with Crippen LogP contribution >= 0.6 is 0 Å². The van der Waals surface area contributed by atoms with Gasteiger partial charge < -0.3 is 14.6 Å². The maximum absolute atomic E-state index is 10.5. The quantitative estimate of drug-likeness (QED) is 0.869. The molecule has 1 aromatic carbocycles. The summed E-state index contributed by atoms with van der Waals surface area (Å²) in [6.45, 7) is -10.7. The van der Waals surface area contributed by atoms with Crippen molar-refractivity contribution in [2.24, 2.45) is 5.41 Å². The predicted octanol–water partition coefficient (Wildman–Crippen LogP) is 2.84. The smallest absolute Gasteiger partial charge is 0.231 e. The molecule has 3 nitrogen and oxygen atoms in total. The van der Waals surface area contributed by atoms with Gasteiger partial charge in [0.2, 0.25) is 6.79 Å². The molecule has 92 valence electrons. The van der Waals surface area contributed by atoms with Crippen molar-refractivity contribution in [3.05, 3.63) is 29.8 Å². The lowest BCUT2D eigenvalue weighted by atomic mass is 9.89. The molecule has 0 spiro atoms. The fourth-order valence-corrected chi connectivity index (χ4v) is 1.29. The first-order valence-corrected chi connectivity index (χ1v) is 4.89. The SMILES string of the molecule is [2H]/C(=C\C(O)C(C([2H])([2H])[2H])(C([2H])([2H])[2H])C([2H])([2H])[2H])c1ccc2c(c1)OCO2. The first kappa shape index (κ1) is 4.65. The maximum Gasteiger partial charge on any atom is 0.231 e. The summed E-state index contributed by atoms with van der Waals surface area (Å²) >= 11 is 0. The highest BCUT2D eigenvalue weighted by Gasteiger charge is 2.19. The van der Waals surface area contributed by atoms with E-state index in [0.717, 1.165) is 0 Å². The maximum atomic E-state index is 10.5. The number of hydrogen-bond acceptors (Lipinski definition) is 3. The van der Waals surface area contributed by atoms with Crippen LogP contribution in [0.25, 0.3) is 6.05 Å². The third kappa shape index (κ3) is 2.80. The van der Waals surface area contributed by atoms with Gasteiger partial charge in [-0.3, -0.25) is 0 Å². The van der Waals surface area contributed by atoms with Crippen molar-refractivity contribution in [2.75, 3.05) is 6.79 Å². The molecule has 0 fully saturated rings. The molecule has 1 heterocycles. The number of fused-ring (bicyclic) bond motifs is 1. The number of hydrogen-bond donors (Lipinski definition) is 1. The minimum absolute atomic E-state index is 0.0152. The van der Waals surface area contributed by atoms with E-state index in [2.05, 4.69) is 0 Å². The largest absolute Gasteiger partial charge is 0.454 e. The van der Waals surface area contributed by atoms with Crippen LogP contribution in [0.15, 0.2) is 24.3 Å². The van der Waals surface area contributed by atoms with Crippen LogP contribution in [0.2, 0.25) is 0 Å². The number of aliphatic hydroxyl groups excluding tert-OH is 1. The molecule has 0 aromatic heterocycles. The standard InChI is InChI=1S/C14H18O3/c1-14(2,3)13(15)7-5-10-4-6-11-12(8-10)17-9-16-11/h4-8,13,15H,9H2,1-3H3/b7-5+/i1D3,2D3,3D3,5D. The van der Waals surface area contributed by atoms with Gasteiger partial charge in [0.05, 0.1) is 7.47 Å². The van der Waals surface area contributed by atoms with Gasteiger partial charge in [0.15, 0.2) is 11.5 Å². The highest BCUT2D eigenvalue weighted by Crippen LogP contribution is 2.33. The van der Waals surface area contributed by atoms with Gasteiger partial charge in [0, 0.05) is 12.3 Å². The fraction of sp³-hybridized carbons (Fsp3) is 0.429. The Hall–Kier alpha value is -1.48. The zero-order valence-electron chi connectivity index (χ0n) is 18.9. The fourth-order valence-electron chi connectivity index (χ4n) is 1.29. The van der Waals surface area contributed by atoms with E-state index in [0.29, 0.717) is 17.6 Å². The Bertz CT molecular complexity index is 696. The van der Waals surface area contributed by atoms with Crippen LogP contribution in [-0.2, 0) is 0 Å². The summed E-state index contributed by atoms with van der Waals surface area (Å²) in [6, 6.07) is 3.83. The lowest BCUT2D eigenvalue weighted by Gasteiger charge is -2.22. The Balaban J connectivity index is 2.55. The van der Waals surface area contributed by atoms with Crippen molar-refractivity contribution in [3.8, 4) is 11.5 Å². The first-order chi connectivity index (χ1) is 12.1. The molecular formula is C14H18O3. The van der Waals surface area contributed by atoms with Crippen molar-refractivity contribution < 1.29 is 28.3 Å². The van der Waals surface area contributed by atoms with Gasteiger partial charge >= 0.3 is 0 Å². The molecule has 0 saturated heterocycles. The van der Waals surface area contributed by atoms with Gasteiger partial charge in [-0.15, -0.1) is 0 Å². The van der Waals surface area contributed by atoms with Crippen LogP contribution in [0.3, 0.4) is 0 Å². The number of ether oxygens (including phenoxy) is 2. The minimum Gasteiger partial charge on any atom is -0.454 e. The highest BCUT2D eigenvalue weighted by atomic mass is 16.7. The summed E-state index contributed by atoms with van der Waals surface area (Å²) < 4.78 is 86.3. The second-order valence-corrected chi connectivity index (χ2v) is 3.63. The second-order valence-electron chi connectivity index (χ2n) is 3.63. The van der Waals surface area contributed by atoms with E-state index < -0.39 is 38.1 Å². The van der Waals surface area contributed by atoms with Crippen LogP contribution in [0.5, 0.6) is 11.5 Å². The van der Waals surface area contributed by atoms with Crippen LogP contribution in [0, 0.1) is 5.41 Å². The highest BCUT2D eigenvalue weighted by molar-refractivity contribution is 5.56. The summed E-state index contributed by atoms with van der Waals surface area (Å²) in [5.41, 5.74) is -3.30. The van der Waals surface area contributed by atoms with Crippen LogP contribution < -0.4 is 9.47 Å². The molecule has 0 saturated carbocycles. The van der Waals surface area contributed by atoms with E-state index in [1.807, 2.05) is 0 Å². The molecule has 1 N–H and O–H groups in total. The van der Waals surface area contributed by atoms with Gasteiger partial charge in [-0.2, -0.15) is 0 Å². The second kappa shape index (κ2) is 4.41. The van der Waals surface area contributed by atoms with Gasteiger partial charge in [-0.1, -0.05) is 38.8 Å². The van der Waals surface area contributed by atoms with E-state index >= 15 is 0 Å². The Labute approximate surface area is 116 Å². The van der Waals surface area contributed by atoms with Crippen molar-refractivity contribution >= 4 is 6.05 Å². The van der Waals surface area contributed by atoms with Gasteiger partial charge in [0.1, 0.15) is 0 Å². The molecule has 1 aromatic rings. The Morgan fingerprint density at radius 3 is 2.94 bits per heavy atom. The average Bonchev–Trinajstić information content (AvgIpc) is 2.89. The molecule has 1 unspecified atom stereocenters. The zero-order valence-corrected chi connectivity index (χ0v) is 8.86. The Morgan fingerprint density at radius 2 is 2.18 bits per heavy atom. The number of aliphatic hydroxyl groups is 1. The molecule has 0 amide bonds. The molecule has 17 heavy (non-hydrogen) atoms. The lowest BCUT2D eigenvalue weighted by Crippen LogP contribution is -2.23. The normalized spacial score (nSPS) is 27.9. The van der Waals surface area contributed by atoms with Gasteiger partial charge in [0.25, 0.3) is 0 Å². The zero-order chi connectivity index (χ0) is 20.8. The number of rotatable bonds is 2. The Morgan fingerprint density at radius 1 is 1.41 bits per heavy atom. The predicted molar refractivity (Wildman–Crippen MR) is 67.1 cm³/mol. The summed E-state index contributed by atoms with van der Waals surface area (Å²) in [4.78, 5) is 0. The minimum atomic E-state index is -3.56. The van der Waals surface area contributed by atoms with Crippen LogP contribution in [0.4, 0.5) is 0 Å². The van der Waals surface area contributed by atoms with E-state index in [4.69, 9.17) is 23.2 Å². The summed E-state index contributed by atoms with van der Waals surface area (Å²) in [5.74, 6) is 0.739. The van der Waals surface area contributed by atoms with Crippen molar-refractivity contribution in [2.45, 2.75) is 26.7 Å². The van der Waals surface area contributed by atoms with E-state index in [1.165, 1.54) is 18.2 Å². The lowest BCUT2D eigenvalue weighted by molar-refractivity contribution is 0.106. The van der Waals surface area contributed by atoms with E-state index in [1.54, 1.807) is 0 Å². The van der Waals surface area contributed by atoms with Gasteiger partial charge in [-0.25, -0.2) is 0 Å².